The van der Waals surface area contributed by atoms with Gasteiger partial charge in [0.15, 0.2) is 0 Å². The summed E-state index contributed by atoms with van der Waals surface area (Å²) in [5.74, 6) is -0.279. The number of ether oxygens (including phenoxy) is 1. The third-order valence-corrected chi connectivity index (χ3v) is 3.05. The number of hydrogen-bond acceptors (Lipinski definition) is 3. The van der Waals surface area contributed by atoms with Crippen LogP contribution in [0.1, 0.15) is 17.5 Å². The molecule has 0 saturated heterocycles. The van der Waals surface area contributed by atoms with Crippen molar-refractivity contribution in [3.8, 4) is 0 Å². The Morgan fingerprint density at radius 1 is 1.67 bits per heavy atom. The van der Waals surface area contributed by atoms with Gasteiger partial charge >= 0.3 is 5.97 Å². The highest BCUT2D eigenvalue weighted by Crippen LogP contribution is 2.28. The summed E-state index contributed by atoms with van der Waals surface area (Å²) in [6.07, 6.45) is 1.43. The first-order chi connectivity index (χ1) is 5.66. The summed E-state index contributed by atoms with van der Waals surface area (Å²) in [6, 6.07) is 0. The predicted octanol–water partition coefficient (Wildman–Crippen LogP) is 2.98. The molecule has 0 aliphatic rings. The number of halogens is 2. The van der Waals surface area contributed by atoms with Crippen LogP contribution in [0.3, 0.4) is 0 Å². The van der Waals surface area contributed by atoms with E-state index in [-0.39, 0.29) is 5.76 Å². The van der Waals surface area contributed by atoms with E-state index in [1.165, 1.54) is 6.26 Å². The van der Waals surface area contributed by atoms with Crippen LogP contribution in [0.25, 0.3) is 0 Å². The molecule has 1 rings (SSSR count). The standard InChI is InChI=1S/C7H6Br2O3/c1-2-11-7(10)6-5(9)4(8)3-12-6/h3H,2H2,1H3. The van der Waals surface area contributed by atoms with Crippen molar-refractivity contribution in [3.63, 3.8) is 0 Å². The molecule has 0 radical (unpaired) electrons. The summed E-state index contributed by atoms with van der Waals surface area (Å²) in [7, 11) is 0. The zero-order valence-corrected chi connectivity index (χ0v) is 9.44. The minimum atomic E-state index is -0.463. The molecule has 0 aliphatic carbocycles. The SMILES string of the molecule is CCOC(=O)c1occ(Br)c1Br. The average molecular weight is 298 g/mol. The van der Waals surface area contributed by atoms with Crippen LogP contribution >= 0.6 is 31.9 Å². The number of furan rings is 1. The Morgan fingerprint density at radius 3 is 2.75 bits per heavy atom. The van der Waals surface area contributed by atoms with E-state index in [1.54, 1.807) is 6.92 Å². The van der Waals surface area contributed by atoms with Gasteiger partial charge in [-0.05, 0) is 38.8 Å². The van der Waals surface area contributed by atoms with Crippen LogP contribution < -0.4 is 0 Å². The highest BCUT2D eigenvalue weighted by Gasteiger charge is 2.17. The van der Waals surface area contributed by atoms with Gasteiger partial charge in [0.2, 0.25) is 5.76 Å². The molecular formula is C7H6Br2O3. The smallest absolute Gasteiger partial charge is 0.375 e. The molecule has 1 aromatic rings. The second-order valence-electron chi connectivity index (χ2n) is 1.95. The molecule has 0 N–H and O–H groups in total. The topological polar surface area (TPSA) is 39.4 Å². The Labute approximate surface area is 86.3 Å². The second kappa shape index (κ2) is 4.09. The third kappa shape index (κ3) is 1.90. The molecule has 0 unspecified atom stereocenters. The molecular weight excluding hydrogens is 292 g/mol. The van der Waals surface area contributed by atoms with E-state index in [0.29, 0.717) is 15.6 Å². The predicted molar refractivity (Wildman–Crippen MR) is 50.1 cm³/mol. The Morgan fingerprint density at radius 2 is 2.33 bits per heavy atom. The number of esters is 1. The monoisotopic (exact) mass is 296 g/mol. The Bertz CT molecular complexity index is 293. The summed E-state index contributed by atoms with van der Waals surface area (Å²) in [4.78, 5) is 11.1. The molecule has 0 bridgehead atoms. The van der Waals surface area contributed by atoms with Gasteiger partial charge < -0.3 is 9.15 Å². The van der Waals surface area contributed by atoms with Crippen LogP contribution in [0.4, 0.5) is 0 Å². The Balaban J connectivity index is 2.88. The first-order valence-electron chi connectivity index (χ1n) is 3.26. The lowest BCUT2D eigenvalue weighted by molar-refractivity contribution is 0.0488. The number of carbonyl (C=O) groups is 1. The van der Waals surface area contributed by atoms with Crippen LogP contribution in [-0.4, -0.2) is 12.6 Å². The van der Waals surface area contributed by atoms with Crippen molar-refractivity contribution in [3.05, 3.63) is 21.0 Å². The molecule has 1 heterocycles. The van der Waals surface area contributed by atoms with Crippen molar-refractivity contribution in [2.75, 3.05) is 6.61 Å². The molecule has 66 valence electrons. The van der Waals surface area contributed by atoms with Crippen LogP contribution in [-0.2, 0) is 4.74 Å². The molecule has 3 nitrogen and oxygen atoms in total. The molecule has 0 fully saturated rings. The lowest BCUT2D eigenvalue weighted by Crippen LogP contribution is -2.03. The van der Waals surface area contributed by atoms with Gasteiger partial charge in [-0.25, -0.2) is 4.79 Å². The largest absolute Gasteiger partial charge is 0.460 e. The van der Waals surface area contributed by atoms with Crippen LogP contribution in [0.15, 0.2) is 19.6 Å². The maximum Gasteiger partial charge on any atom is 0.375 e. The van der Waals surface area contributed by atoms with Crippen LogP contribution in [0.5, 0.6) is 0 Å². The van der Waals surface area contributed by atoms with Gasteiger partial charge in [-0.15, -0.1) is 0 Å². The fraction of sp³-hybridized carbons (Fsp3) is 0.286. The minimum absolute atomic E-state index is 0.184. The quantitative estimate of drug-likeness (QED) is 0.788. The second-order valence-corrected chi connectivity index (χ2v) is 3.59. The third-order valence-electron chi connectivity index (χ3n) is 1.15. The van der Waals surface area contributed by atoms with E-state index >= 15 is 0 Å². The van der Waals surface area contributed by atoms with E-state index < -0.39 is 5.97 Å². The van der Waals surface area contributed by atoms with Crippen molar-refractivity contribution in [2.24, 2.45) is 0 Å². The fourth-order valence-electron chi connectivity index (χ4n) is 0.657. The van der Waals surface area contributed by atoms with Crippen molar-refractivity contribution < 1.29 is 13.9 Å². The summed E-state index contributed by atoms with van der Waals surface area (Å²) in [5.41, 5.74) is 0. The maximum atomic E-state index is 11.1. The molecule has 0 saturated carbocycles. The molecule has 0 atom stereocenters. The van der Waals surface area contributed by atoms with E-state index in [4.69, 9.17) is 9.15 Å². The van der Waals surface area contributed by atoms with Gasteiger partial charge in [-0.3, -0.25) is 0 Å². The summed E-state index contributed by atoms with van der Waals surface area (Å²) in [6.45, 7) is 2.08. The first kappa shape index (κ1) is 9.80. The lowest BCUT2D eigenvalue weighted by atomic mass is 10.4. The van der Waals surface area contributed by atoms with Gasteiger partial charge in [-0.1, -0.05) is 0 Å². The van der Waals surface area contributed by atoms with Gasteiger partial charge in [0, 0.05) is 0 Å². The zero-order chi connectivity index (χ0) is 9.14. The first-order valence-corrected chi connectivity index (χ1v) is 4.85. The molecule has 0 spiro atoms. The van der Waals surface area contributed by atoms with Crippen LogP contribution in [0, 0.1) is 0 Å². The Kier molecular flexibility index (Phi) is 3.34. The van der Waals surface area contributed by atoms with Gasteiger partial charge in [0.25, 0.3) is 0 Å². The normalized spacial score (nSPS) is 9.92. The summed E-state index contributed by atoms with van der Waals surface area (Å²) in [5, 5.41) is 0. The van der Waals surface area contributed by atoms with E-state index in [9.17, 15) is 4.79 Å². The minimum Gasteiger partial charge on any atom is -0.460 e. The van der Waals surface area contributed by atoms with Crippen molar-refractivity contribution in [1.29, 1.82) is 0 Å². The fourth-order valence-corrected chi connectivity index (χ4v) is 1.28. The molecule has 1 aromatic heterocycles. The Hall–Kier alpha value is -0.290. The molecule has 0 aromatic carbocycles. The van der Waals surface area contributed by atoms with E-state index in [1.807, 2.05) is 0 Å². The van der Waals surface area contributed by atoms with Crippen molar-refractivity contribution >= 4 is 37.8 Å². The molecule has 0 amide bonds. The van der Waals surface area contributed by atoms with E-state index in [2.05, 4.69) is 31.9 Å². The molecule has 0 aliphatic heterocycles. The van der Waals surface area contributed by atoms with E-state index in [0.717, 1.165) is 0 Å². The van der Waals surface area contributed by atoms with Gasteiger partial charge in [0.1, 0.15) is 6.26 Å². The van der Waals surface area contributed by atoms with Crippen molar-refractivity contribution in [1.82, 2.24) is 0 Å². The number of hydrogen-bond donors (Lipinski definition) is 0. The summed E-state index contributed by atoms with van der Waals surface area (Å²) >= 11 is 6.37. The average Bonchev–Trinajstić information content (AvgIpc) is 2.34. The summed E-state index contributed by atoms with van der Waals surface area (Å²) < 4.78 is 11.0. The van der Waals surface area contributed by atoms with Gasteiger partial charge in [0.05, 0.1) is 15.6 Å². The number of carbonyl (C=O) groups excluding carboxylic acids is 1. The zero-order valence-electron chi connectivity index (χ0n) is 6.27. The molecule has 5 heteroatoms. The highest BCUT2D eigenvalue weighted by atomic mass is 79.9. The number of rotatable bonds is 2. The highest BCUT2D eigenvalue weighted by molar-refractivity contribution is 9.13. The maximum absolute atomic E-state index is 11.1. The molecule has 12 heavy (non-hydrogen) atoms. The van der Waals surface area contributed by atoms with Crippen molar-refractivity contribution in [2.45, 2.75) is 6.92 Å². The van der Waals surface area contributed by atoms with Gasteiger partial charge in [-0.2, -0.15) is 0 Å². The van der Waals surface area contributed by atoms with Crippen LogP contribution in [0.2, 0.25) is 0 Å². The lowest BCUT2D eigenvalue weighted by Gasteiger charge is -1.97.